The first-order valence-corrected chi connectivity index (χ1v) is 8.70. The predicted molar refractivity (Wildman–Crippen MR) is 87.5 cm³/mol. The molecule has 4 nitrogen and oxygen atoms in total. The highest BCUT2D eigenvalue weighted by Gasteiger charge is 2.23. The molecule has 124 valence electrons. The fraction of sp³-hybridized carbons (Fsp3) is 0.941. The van der Waals surface area contributed by atoms with Crippen LogP contribution in [0, 0.1) is 0 Å². The average molecular weight is 298 g/mol. The number of piperidine rings is 1. The van der Waals surface area contributed by atoms with Crippen molar-refractivity contribution in [3.63, 3.8) is 0 Å². The molecule has 1 rings (SSSR count). The molecule has 0 saturated carbocycles. The van der Waals surface area contributed by atoms with Crippen LogP contribution in [0.1, 0.15) is 65.2 Å². The summed E-state index contributed by atoms with van der Waals surface area (Å²) >= 11 is 0. The molecule has 1 atom stereocenters. The first kappa shape index (κ1) is 18.4. The van der Waals surface area contributed by atoms with Crippen molar-refractivity contribution < 1.29 is 9.53 Å². The summed E-state index contributed by atoms with van der Waals surface area (Å²) in [6.45, 7) is 6.49. The van der Waals surface area contributed by atoms with Gasteiger partial charge in [-0.15, -0.1) is 0 Å². The second kappa shape index (κ2) is 11.0. The molecule has 4 heteroatoms. The van der Waals surface area contributed by atoms with Crippen molar-refractivity contribution in [2.24, 2.45) is 0 Å². The summed E-state index contributed by atoms with van der Waals surface area (Å²) in [5, 5.41) is 3.73. The van der Waals surface area contributed by atoms with Crippen LogP contribution in [-0.4, -0.2) is 49.7 Å². The summed E-state index contributed by atoms with van der Waals surface area (Å²) in [4.78, 5) is 13.7. The maximum Gasteiger partial charge on any atom is 0.248 e. The van der Waals surface area contributed by atoms with Crippen LogP contribution in [-0.2, 0) is 9.53 Å². The Morgan fingerprint density at radius 1 is 1.24 bits per heavy atom. The van der Waals surface area contributed by atoms with Crippen LogP contribution >= 0.6 is 0 Å². The van der Waals surface area contributed by atoms with E-state index in [0.717, 1.165) is 25.9 Å². The molecule has 0 radical (unpaired) electrons. The summed E-state index contributed by atoms with van der Waals surface area (Å²) < 4.78 is 4.91. The standard InChI is InChI=1S/C17H34N2O2/c1-4-5-6-7-8-9-15(2)18-16-10-12-19(13-11-16)17(20)14-21-3/h15-16,18H,4-14H2,1-3H3. The molecule has 0 aliphatic carbocycles. The van der Waals surface area contributed by atoms with Gasteiger partial charge in [0.05, 0.1) is 0 Å². The van der Waals surface area contributed by atoms with Gasteiger partial charge in [0.1, 0.15) is 6.61 Å². The molecule has 0 aromatic carbocycles. The predicted octanol–water partition coefficient (Wildman–Crippen LogP) is 2.96. The number of nitrogens with one attached hydrogen (secondary N) is 1. The fourth-order valence-corrected chi connectivity index (χ4v) is 3.05. The Kier molecular flexibility index (Phi) is 9.68. The molecule has 0 aromatic heterocycles. The molecule has 1 N–H and O–H groups in total. The van der Waals surface area contributed by atoms with E-state index in [9.17, 15) is 4.79 Å². The van der Waals surface area contributed by atoms with Crippen molar-refractivity contribution in [2.45, 2.75) is 77.3 Å². The third-order valence-corrected chi connectivity index (χ3v) is 4.38. The van der Waals surface area contributed by atoms with Gasteiger partial charge in [-0.1, -0.05) is 39.0 Å². The molecule has 0 spiro atoms. The van der Waals surface area contributed by atoms with Crippen LogP contribution in [0.5, 0.6) is 0 Å². The number of hydrogen-bond donors (Lipinski definition) is 1. The minimum Gasteiger partial charge on any atom is -0.375 e. The van der Waals surface area contributed by atoms with E-state index in [0.29, 0.717) is 12.1 Å². The number of nitrogens with zero attached hydrogens (tertiary/aromatic N) is 1. The van der Waals surface area contributed by atoms with Gasteiger partial charge < -0.3 is 15.0 Å². The molecular weight excluding hydrogens is 264 g/mol. The topological polar surface area (TPSA) is 41.6 Å². The lowest BCUT2D eigenvalue weighted by Crippen LogP contribution is -2.47. The minimum absolute atomic E-state index is 0.125. The highest BCUT2D eigenvalue weighted by Crippen LogP contribution is 2.13. The maximum atomic E-state index is 11.7. The van der Waals surface area contributed by atoms with E-state index in [4.69, 9.17) is 4.74 Å². The lowest BCUT2D eigenvalue weighted by Gasteiger charge is -2.34. The Labute approximate surface area is 130 Å². The number of hydrogen-bond acceptors (Lipinski definition) is 3. The average Bonchev–Trinajstić information content (AvgIpc) is 2.48. The largest absolute Gasteiger partial charge is 0.375 e. The second-order valence-corrected chi connectivity index (χ2v) is 6.36. The first-order valence-electron chi connectivity index (χ1n) is 8.70. The van der Waals surface area contributed by atoms with E-state index in [-0.39, 0.29) is 12.5 Å². The molecule has 1 unspecified atom stereocenters. The van der Waals surface area contributed by atoms with Gasteiger partial charge in [0, 0.05) is 32.3 Å². The van der Waals surface area contributed by atoms with Crippen LogP contribution in [0.3, 0.4) is 0 Å². The smallest absolute Gasteiger partial charge is 0.248 e. The molecule has 1 fully saturated rings. The summed E-state index contributed by atoms with van der Waals surface area (Å²) in [6.07, 6.45) is 10.2. The van der Waals surface area contributed by atoms with Gasteiger partial charge in [-0.05, 0) is 26.2 Å². The van der Waals surface area contributed by atoms with Gasteiger partial charge in [-0.25, -0.2) is 0 Å². The Morgan fingerprint density at radius 2 is 1.90 bits per heavy atom. The second-order valence-electron chi connectivity index (χ2n) is 6.36. The van der Waals surface area contributed by atoms with Crippen molar-refractivity contribution in [2.75, 3.05) is 26.8 Å². The third-order valence-electron chi connectivity index (χ3n) is 4.38. The van der Waals surface area contributed by atoms with E-state index in [1.807, 2.05) is 4.90 Å². The van der Waals surface area contributed by atoms with Crippen molar-refractivity contribution >= 4 is 5.91 Å². The normalized spacial score (nSPS) is 18.0. The fourth-order valence-electron chi connectivity index (χ4n) is 3.05. The van der Waals surface area contributed by atoms with Gasteiger partial charge >= 0.3 is 0 Å². The lowest BCUT2D eigenvalue weighted by atomic mass is 10.0. The van der Waals surface area contributed by atoms with Crippen LogP contribution in [0.25, 0.3) is 0 Å². The van der Waals surface area contributed by atoms with Crippen LogP contribution in [0.15, 0.2) is 0 Å². The van der Waals surface area contributed by atoms with Gasteiger partial charge in [0.2, 0.25) is 5.91 Å². The van der Waals surface area contributed by atoms with E-state index in [1.165, 1.54) is 38.5 Å². The molecule has 0 aromatic rings. The van der Waals surface area contributed by atoms with E-state index in [2.05, 4.69) is 19.2 Å². The van der Waals surface area contributed by atoms with E-state index >= 15 is 0 Å². The van der Waals surface area contributed by atoms with Gasteiger partial charge in [0.15, 0.2) is 0 Å². The summed E-state index contributed by atoms with van der Waals surface area (Å²) in [5.74, 6) is 0.125. The maximum absolute atomic E-state index is 11.7. The molecular formula is C17H34N2O2. The van der Waals surface area contributed by atoms with Gasteiger partial charge in [-0.2, -0.15) is 0 Å². The zero-order valence-corrected chi connectivity index (χ0v) is 14.2. The van der Waals surface area contributed by atoms with Crippen molar-refractivity contribution in [3.05, 3.63) is 0 Å². The van der Waals surface area contributed by atoms with Crippen LogP contribution < -0.4 is 5.32 Å². The van der Waals surface area contributed by atoms with E-state index < -0.39 is 0 Å². The Bertz CT molecular complexity index is 276. The number of methoxy groups -OCH3 is 1. The number of amides is 1. The number of carbonyl (C=O) groups excluding carboxylic acids is 1. The van der Waals surface area contributed by atoms with E-state index in [1.54, 1.807) is 7.11 Å². The number of ether oxygens (including phenoxy) is 1. The molecule has 1 heterocycles. The number of carbonyl (C=O) groups is 1. The molecule has 1 aliphatic rings. The summed E-state index contributed by atoms with van der Waals surface area (Å²) in [6, 6.07) is 1.17. The monoisotopic (exact) mass is 298 g/mol. The summed E-state index contributed by atoms with van der Waals surface area (Å²) in [7, 11) is 1.58. The highest BCUT2D eigenvalue weighted by atomic mass is 16.5. The van der Waals surface area contributed by atoms with Crippen molar-refractivity contribution in [3.8, 4) is 0 Å². The zero-order chi connectivity index (χ0) is 15.5. The molecule has 21 heavy (non-hydrogen) atoms. The quantitative estimate of drug-likeness (QED) is 0.630. The Hall–Kier alpha value is -0.610. The molecule has 1 saturated heterocycles. The minimum atomic E-state index is 0.125. The van der Waals surface area contributed by atoms with Gasteiger partial charge in [0.25, 0.3) is 0 Å². The molecule has 1 amide bonds. The SMILES string of the molecule is CCCCCCCC(C)NC1CCN(C(=O)COC)CC1. The third kappa shape index (κ3) is 7.82. The van der Waals surface area contributed by atoms with Crippen LogP contribution in [0.2, 0.25) is 0 Å². The van der Waals surface area contributed by atoms with Gasteiger partial charge in [-0.3, -0.25) is 4.79 Å². The Balaban J connectivity index is 2.10. The number of likely N-dealkylation sites (tertiary alicyclic amines) is 1. The van der Waals surface area contributed by atoms with Crippen molar-refractivity contribution in [1.29, 1.82) is 0 Å². The number of rotatable bonds is 10. The zero-order valence-electron chi connectivity index (χ0n) is 14.2. The summed E-state index contributed by atoms with van der Waals surface area (Å²) in [5.41, 5.74) is 0. The number of unbranched alkanes of at least 4 members (excludes halogenated alkanes) is 4. The van der Waals surface area contributed by atoms with Crippen molar-refractivity contribution in [1.82, 2.24) is 10.2 Å². The molecule has 1 aliphatic heterocycles. The molecule has 0 bridgehead atoms. The highest BCUT2D eigenvalue weighted by molar-refractivity contribution is 5.77. The van der Waals surface area contributed by atoms with Crippen LogP contribution in [0.4, 0.5) is 0 Å². The Morgan fingerprint density at radius 3 is 2.52 bits per heavy atom. The lowest BCUT2D eigenvalue weighted by molar-refractivity contribution is -0.136. The first-order chi connectivity index (χ1) is 10.2.